The summed E-state index contributed by atoms with van der Waals surface area (Å²) in [4.78, 5) is 18.3. The van der Waals surface area contributed by atoms with Crippen molar-refractivity contribution in [1.82, 2.24) is 29.4 Å². The number of hydrogen-bond donors (Lipinski definition) is 0. The van der Waals surface area contributed by atoms with Crippen molar-refractivity contribution >= 4 is 5.91 Å². The van der Waals surface area contributed by atoms with Crippen LogP contribution in [0.4, 0.5) is 0 Å². The van der Waals surface area contributed by atoms with Crippen LogP contribution in [-0.2, 0) is 7.05 Å². The lowest BCUT2D eigenvalue weighted by atomic mass is 10.1. The van der Waals surface area contributed by atoms with Gasteiger partial charge in [-0.2, -0.15) is 10.2 Å². The average Bonchev–Trinajstić information content (AvgIpc) is 3.09. The third-order valence-corrected chi connectivity index (χ3v) is 3.83. The molecular weight excluding hydrogens is 256 g/mol. The lowest BCUT2D eigenvalue weighted by Gasteiger charge is -2.32. The number of carbonyl (C=O) groups is 1. The van der Waals surface area contributed by atoms with E-state index in [9.17, 15) is 4.79 Å². The highest BCUT2D eigenvalue weighted by atomic mass is 16.2. The molecule has 1 fully saturated rings. The summed E-state index contributed by atoms with van der Waals surface area (Å²) in [6, 6.07) is 2.04. The Kier molecular flexibility index (Phi) is 3.25. The second-order valence-electron chi connectivity index (χ2n) is 5.22. The second kappa shape index (κ2) is 5.07. The number of piperidine rings is 1. The molecule has 0 spiro atoms. The molecule has 3 heterocycles. The van der Waals surface area contributed by atoms with Gasteiger partial charge in [-0.1, -0.05) is 0 Å². The van der Waals surface area contributed by atoms with Crippen molar-refractivity contribution in [2.24, 2.45) is 7.05 Å². The van der Waals surface area contributed by atoms with Crippen molar-refractivity contribution in [3.8, 4) is 0 Å². The smallest absolute Gasteiger partial charge is 0.274 e. The first-order chi connectivity index (χ1) is 9.65. The number of carbonyl (C=O) groups excluding carboxylic acids is 1. The van der Waals surface area contributed by atoms with E-state index in [0.29, 0.717) is 12.2 Å². The van der Waals surface area contributed by atoms with E-state index in [2.05, 4.69) is 15.2 Å². The topological polar surface area (TPSA) is 68.8 Å². The number of hydrogen-bond acceptors (Lipinski definition) is 4. The van der Waals surface area contributed by atoms with Crippen LogP contribution in [0, 0.1) is 6.92 Å². The zero-order chi connectivity index (χ0) is 14.1. The molecule has 20 heavy (non-hydrogen) atoms. The fraction of sp³-hybridized carbons (Fsp3) is 0.538. The van der Waals surface area contributed by atoms with Crippen LogP contribution < -0.4 is 0 Å². The van der Waals surface area contributed by atoms with Crippen LogP contribution in [0.2, 0.25) is 0 Å². The minimum Gasteiger partial charge on any atom is -0.335 e. The highest BCUT2D eigenvalue weighted by Crippen LogP contribution is 2.21. The maximum atomic E-state index is 12.5. The molecule has 0 aromatic carbocycles. The van der Waals surface area contributed by atoms with E-state index in [-0.39, 0.29) is 11.9 Å². The minimum absolute atomic E-state index is 0.00137. The van der Waals surface area contributed by atoms with Crippen LogP contribution in [0.25, 0.3) is 0 Å². The van der Waals surface area contributed by atoms with Crippen molar-refractivity contribution in [2.45, 2.75) is 25.8 Å². The second-order valence-corrected chi connectivity index (χ2v) is 5.22. The summed E-state index contributed by atoms with van der Waals surface area (Å²) in [5, 5.41) is 8.44. The van der Waals surface area contributed by atoms with E-state index in [4.69, 9.17) is 0 Å². The number of likely N-dealkylation sites (tertiary alicyclic amines) is 1. The molecule has 0 saturated carbocycles. The van der Waals surface area contributed by atoms with E-state index in [1.165, 1.54) is 6.33 Å². The Morgan fingerprint density at radius 1 is 1.45 bits per heavy atom. The largest absolute Gasteiger partial charge is 0.335 e. The Balaban J connectivity index is 1.75. The summed E-state index contributed by atoms with van der Waals surface area (Å²) in [7, 11) is 1.85. The van der Waals surface area contributed by atoms with Gasteiger partial charge in [-0.15, -0.1) is 0 Å². The van der Waals surface area contributed by atoms with E-state index in [1.807, 2.05) is 29.6 Å². The van der Waals surface area contributed by atoms with Crippen LogP contribution in [0.5, 0.6) is 0 Å². The Morgan fingerprint density at radius 3 is 2.95 bits per heavy atom. The molecule has 1 unspecified atom stereocenters. The van der Waals surface area contributed by atoms with Crippen molar-refractivity contribution in [3.05, 3.63) is 30.1 Å². The van der Waals surface area contributed by atoms with Crippen molar-refractivity contribution in [2.75, 3.05) is 13.1 Å². The summed E-state index contributed by atoms with van der Waals surface area (Å²) in [5.41, 5.74) is 1.50. The molecule has 106 valence electrons. The zero-order valence-electron chi connectivity index (χ0n) is 11.7. The van der Waals surface area contributed by atoms with Gasteiger partial charge < -0.3 is 4.90 Å². The van der Waals surface area contributed by atoms with Gasteiger partial charge in [0.15, 0.2) is 5.69 Å². The number of aromatic nitrogens is 5. The van der Waals surface area contributed by atoms with Gasteiger partial charge in [0.05, 0.1) is 6.04 Å². The number of aryl methyl sites for hydroxylation is 2. The average molecular weight is 274 g/mol. The standard InChI is InChI=1S/C13H18N6O/c1-10-6-12(16-17(10)2)13(20)18-5-3-4-11(7-18)19-9-14-8-15-19/h6,8-9,11H,3-5,7H2,1-2H3. The Bertz CT molecular complexity index is 583. The summed E-state index contributed by atoms with van der Waals surface area (Å²) in [5.74, 6) is -0.00137. The molecule has 0 N–H and O–H groups in total. The molecule has 1 aliphatic rings. The normalized spacial score (nSPS) is 19.3. The lowest BCUT2D eigenvalue weighted by Crippen LogP contribution is -2.41. The molecule has 1 saturated heterocycles. The summed E-state index contributed by atoms with van der Waals surface area (Å²) in [6.45, 7) is 3.38. The van der Waals surface area contributed by atoms with Crippen molar-refractivity contribution in [3.63, 3.8) is 0 Å². The summed E-state index contributed by atoms with van der Waals surface area (Å²) < 4.78 is 3.56. The predicted molar refractivity (Wildman–Crippen MR) is 72.1 cm³/mol. The predicted octanol–water partition coefficient (Wildman–Crippen LogP) is 0.797. The maximum absolute atomic E-state index is 12.5. The van der Waals surface area contributed by atoms with Gasteiger partial charge in [0.1, 0.15) is 12.7 Å². The lowest BCUT2D eigenvalue weighted by molar-refractivity contribution is 0.0666. The maximum Gasteiger partial charge on any atom is 0.274 e. The summed E-state index contributed by atoms with van der Waals surface area (Å²) >= 11 is 0. The highest BCUT2D eigenvalue weighted by molar-refractivity contribution is 5.92. The zero-order valence-corrected chi connectivity index (χ0v) is 11.7. The van der Waals surface area contributed by atoms with Gasteiger partial charge in [-0.05, 0) is 25.8 Å². The molecule has 2 aromatic rings. The first kappa shape index (κ1) is 12.8. The Labute approximate surface area is 117 Å². The first-order valence-electron chi connectivity index (χ1n) is 6.79. The van der Waals surface area contributed by atoms with Crippen molar-refractivity contribution in [1.29, 1.82) is 0 Å². The van der Waals surface area contributed by atoms with E-state index >= 15 is 0 Å². The molecule has 0 aliphatic carbocycles. The number of nitrogens with zero attached hydrogens (tertiary/aromatic N) is 6. The Morgan fingerprint density at radius 2 is 2.30 bits per heavy atom. The molecule has 0 radical (unpaired) electrons. The molecule has 1 amide bonds. The van der Waals surface area contributed by atoms with Crippen LogP contribution in [0.1, 0.15) is 35.1 Å². The minimum atomic E-state index is -0.00137. The first-order valence-corrected chi connectivity index (χ1v) is 6.79. The highest BCUT2D eigenvalue weighted by Gasteiger charge is 2.27. The van der Waals surface area contributed by atoms with Crippen LogP contribution in [0.3, 0.4) is 0 Å². The van der Waals surface area contributed by atoms with Gasteiger partial charge >= 0.3 is 0 Å². The van der Waals surface area contributed by atoms with E-state index in [0.717, 1.165) is 25.1 Å². The third-order valence-electron chi connectivity index (χ3n) is 3.83. The molecule has 3 rings (SSSR count). The molecular formula is C13H18N6O. The van der Waals surface area contributed by atoms with Crippen molar-refractivity contribution < 1.29 is 4.79 Å². The number of amides is 1. The van der Waals surface area contributed by atoms with E-state index < -0.39 is 0 Å². The molecule has 2 aromatic heterocycles. The molecule has 7 heteroatoms. The molecule has 7 nitrogen and oxygen atoms in total. The third kappa shape index (κ3) is 2.31. The van der Waals surface area contributed by atoms with Crippen LogP contribution in [0.15, 0.2) is 18.7 Å². The van der Waals surface area contributed by atoms with Crippen LogP contribution in [-0.4, -0.2) is 48.4 Å². The van der Waals surface area contributed by atoms with Gasteiger partial charge in [0, 0.05) is 25.8 Å². The fourth-order valence-electron chi connectivity index (χ4n) is 2.59. The summed E-state index contributed by atoms with van der Waals surface area (Å²) in [6.07, 6.45) is 5.24. The SMILES string of the molecule is Cc1cc(C(=O)N2CCCC(n3cncn3)C2)nn1C. The molecule has 1 atom stereocenters. The van der Waals surface area contributed by atoms with Gasteiger partial charge in [0.2, 0.25) is 0 Å². The van der Waals surface area contributed by atoms with Gasteiger partial charge in [-0.25, -0.2) is 9.67 Å². The number of rotatable bonds is 2. The Hall–Kier alpha value is -2.18. The molecule has 1 aliphatic heterocycles. The quantitative estimate of drug-likeness (QED) is 0.812. The monoisotopic (exact) mass is 274 g/mol. The molecule has 0 bridgehead atoms. The van der Waals surface area contributed by atoms with Gasteiger partial charge in [-0.3, -0.25) is 9.48 Å². The fourth-order valence-corrected chi connectivity index (χ4v) is 2.59. The van der Waals surface area contributed by atoms with Gasteiger partial charge in [0.25, 0.3) is 5.91 Å². The van der Waals surface area contributed by atoms with E-state index in [1.54, 1.807) is 11.0 Å². The van der Waals surface area contributed by atoms with Crippen LogP contribution >= 0.6 is 0 Å².